The van der Waals surface area contributed by atoms with E-state index in [9.17, 15) is 4.79 Å². The summed E-state index contributed by atoms with van der Waals surface area (Å²) in [5.74, 6) is 0.180. The van der Waals surface area contributed by atoms with Crippen LogP contribution in [0.15, 0.2) is 36.4 Å². The molecule has 1 fully saturated rings. The van der Waals surface area contributed by atoms with Crippen molar-refractivity contribution in [2.45, 2.75) is 38.6 Å². The summed E-state index contributed by atoms with van der Waals surface area (Å²) in [6, 6.07) is 13.0. The molecule has 1 unspecified atom stereocenters. The molecule has 0 spiro atoms. The maximum absolute atomic E-state index is 12.9. The first-order chi connectivity index (χ1) is 10.8. The zero-order chi connectivity index (χ0) is 15.1. The zero-order valence-electron chi connectivity index (χ0n) is 13.1. The summed E-state index contributed by atoms with van der Waals surface area (Å²) in [5.41, 5.74) is 1.98. The number of hydrogen-bond donors (Lipinski definition) is 1. The summed E-state index contributed by atoms with van der Waals surface area (Å²) in [4.78, 5) is 16.4. The molecular formula is C19H23N2O+. The number of carbonyl (C=O) groups is 1. The number of amides is 1. The second kappa shape index (κ2) is 5.40. The number of piperidine rings is 1. The highest BCUT2D eigenvalue weighted by Crippen LogP contribution is 2.36. The van der Waals surface area contributed by atoms with Gasteiger partial charge in [0, 0.05) is 5.39 Å². The van der Waals surface area contributed by atoms with Crippen LogP contribution in [-0.4, -0.2) is 25.2 Å². The van der Waals surface area contributed by atoms with E-state index in [1.54, 1.807) is 4.90 Å². The quantitative estimate of drug-likeness (QED) is 0.925. The predicted octanol–water partition coefficient (Wildman–Crippen LogP) is 2.60. The summed E-state index contributed by atoms with van der Waals surface area (Å²) in [6.07, 6.45) is 5.12. The van der Waals surface area contributed by atoms with Gasteiger partial charge in [-0.2, -0.15) is 0 Å². The van der Waals surface area contributed by atoms with E-state index in [-0.39, 0.29) is 5.91 Å². The fourth-order valence-corrected chi connectivity index (χ4v) is 4.19. The van der Waals surface area contributed by atoms with Crippen LogP contribution in [0.25, 0.3) is 10.8 Å². The van der Waals surface area contributed by atoms with Gasteiger partial charge in [0.2, 0.25) is 0 Å². The van der Waals surface area contributed by atoms with E-state index in [4.69, 9.17) is 0 Å². The molecule has 1 N–H and O–H groups in total. The number of carbonyl (C=O) groups excluding carboxylic acids is 1. The van der Waals surface area contributed by atoms with Gasteiger partial charge < -0.3 is 4.90 Å². The second-order valence-electron chi connectivity index (χ2n) is 6.58. The van der Waals surface area contributed by atoms with E-state index < -0.39 is 0 Å². The molecule has 3 heteroatoms. The molecule has 0 bridgehead atoms. The van der Waals surface area contributed by atoms with Crippen molar-refractivity contribution in [3.8, 4) is 0 Å². The third-order valence-corrected chi connectivity index (χ3v) is 5.38. The molecule has 114 valence electrons. The maximum atomic E-state index is 12.9. The first-order valence-electron chi connectivity index (χ1n) is 8.47. The van der Waals surface area contributed by atoms with E-state index in [1.165, 1.54) is 37.6 Å². The largest absolute Gasteiger partial charge is 0.315 e. The molecule has 3 nitrogen and oxygen atoms in total. The predicted molar refractivity (Wildman–Crippen MR) is 89.4 cm³/mol. The molecule has 2 aliphatic heterocycles. The first kappa shape index (κ1) is 13.8. The Morgan fingerprint density at radius 2 is 2.00 bits per heavy atom. The Hall–Kier alpha value is -1.87. The van der Waals surface area contributed by atoms with Crippen LogP contribution in [0.4, 0.5) is 5.69 Å². The van der Waals surface area contributed by atoms with Crippen molar-refractivity contribution in [2.75, 3.05) is 18.1 Å². The Labute approximate surface area is 131 Å². The smallest absolute Gasteiger partial charge is 0.263 e. The molecular weight excluding hydrogens is 272 g/mol. The molecule has 4 rings (SSSR count). The van der Waals surface area contributed by atoms with Gasteiger partial charge in [-0.25, -0.2) is 0 Å². The SMILES string of the molecule is CC[C@@H]1CCCC[NH+]1CN1C(=O)c2cccc3cccc1c23. The number of rotatable bonds is 3. The van der Waals surface area contributed by atoms with Crippen LogP contribution in [0, 0.1) is 0 Å². The highest BCUT2D eigenvalue weighted by molar-refractivity contribution is 6.24. The summed E-state index contributed by atoms with van der Waals surface area (Å²) in [5, 5.41) is 2.31. The zero-order valence-corrected chi connectivity index (χ0v) is 13.1. The standard InChI is InChI=1S/C19H22N2O/c1-2-15-9-3-4-12-20(15)13-21-17-11-6-8-14-7-5-10-16(18(14)17)19(21)22/h5-8,10-11,15H,2-4,9,12-13H2,1H3/p+1/t15-/m1/s1. The van der Waals surface area contributed by atoms with Gasteiger partial charge in [-0.1, -0.05) is 31.2 Å². The lowest BCUT2D eigenvalue weighted by atomic mass is 10.0. The van der Waals surface area contributed by atoms with Crippen molar-refractivity contribution in [1.29, 1.82) is 0 Å². The van der Waals surface area contributed by atoms with Gasteiger partial charge in [0.25, 0.3) is 5.91 Å². The molecule has 22 heavy (non-hydrogen) atoms. The molecule has 0 radical (unpaired) electrons. The normalized spacial score (nSPS) is 24.2. The molecule has 2 aliphatic rings. The number of benzene rings is 2. The Kier molecular flexibility index (Phi) is 3.38. The van der Waals surface area contributed by atoms with Gasteiger partial charge in [0.15, 0.2) is 6.67 Å². The molecule has 2 heterocycles. The van der Waals surface area contributed by atoms with Crippen molar-refractivity contribution in [2.24, 2.45) is 0 Å². The Bertz CT molecular complexity index is 719. The number of quaternary nitrogens is 1. The average molecular weight is 295 g/mol. The minimum atomic E-state index is 0.180. The van der Waals surface area contributed by atoms with Gasteiger partial charge in [-0.15, -0.1) is 0 Å². The Morgan fingerprint density at radius 1 is 1.18 bits per heavy atom. The Morgan fingerprint density at radius 3 is 2.82 bits per heavy atom. The minimum Gasteiger partial charge on any atom is -0.315 e. The monoisotopic (exact) mass is 295 g/mol. The summed E-state index contributed by atoms with van der Waals surface area (Å²) >= 11 is 0. The summed E-state index contributed by atoms with van der Waals surface area (Å²) in [7, 11) is 0. The topological polar surface area (TPSA) is 24.8 Å². The van der Waals surface area contributed by atoms with E-state index in [1.807, 2.05) is 17.0 Å². The molecule has 0 aliphatic carbocycles. The van der Waals surface area contributed by atoms with E-state index in [0.29, 0.717) is 6.04 Å². The number of anilines is 1. The average Bonchev–Trinajstić information content (AvgIpc) is 2.84. The van der Waals surface area contributed by atoms with E-state index in [2.05, 4.69) is 31.2 Å². The summed E-state index contributed by atoms with van der Waals surface area (Å²) in [6.45, 7) is 4.27. The molecule has 2 aromatic rings. The van der Waals surface area contributed by atoms with Gasteiger partial charge >= 0.3 is 0 Å². The van der Waals surface area contributed by atoms with Crippen LogP contribution in [-0.2, 0) is 0 Å². The number of nitrogens with one attached hydrogen (secondary N) is 1. The third kappa shape index (κ3) is 2.03. The van der Waals surface area contributed by atoms with Crippen molar-refractivity contribution in [1.82, 2.24) is 0 Å². The van der Waals surface area contributed by atoms with Crippen molar-refractivity contribution >= 4 is 22.4 Å². The van der Waals surface area contributed by atoms with Crippen molar-refractivity contribution in [3.63, 3.8) is 0 Å². The highest BCUT2D eigenvalue weighted by atomic mass is 16.2. The van der Waals surface area contributed by atoms with Crippen LogP contribution < -0.4 is 9.80 Å². The van der Waals surface area contributed by atoms with Gasteiger partial charge in [0.1, 0.15) is 0 Å². The van der Waals surface area contributed by atoms with E-state index >= 15 is 0 Å². The lowest BCUT2D eigenvalue weighted by Gasteiger charge is -2.34. The van der Waals surface area contributed by atoms with Crippen LogP contribution in [0.3, 0.4) is 0 Å². The van der Waals surface area contributed by atoms with Crippen LogP contribution >= 0.6 is 0 Å². The van der Waals surface area contributed by atoms with Crippen LogP contribution in [0.2, 0.25) is 0 Å². The van der Waals surface area contributed by atoms with Crippen molar-refractivity contribution in [3.05, 3.63) is 42.0 Å². The van der Waals surface area contributed by atoms with Crippen LogP contribution in [0.1, 0.15) is 43.0 Å². The van der Waals surface area contributed by atoms with Crippen molar-refractivity contribution < 1.29 is 9.69 Å². The molecule has 1 saturated heterocycles. The van der Waals surface area contributed by atoms with Crippen LogP contribution in [0.5, 0.6) is 0 Å². The molecule has 0 saturated carbocycles. The summed E-state index contributed by atoms with van der Waals surface area (Å²) < 4.78 is 0. The second-order valence-corrected chi connectivity index (χ2v) is 6.58. The van der Waals surface area contributed by atoms with Gasteiger partial charge in [-0.3, -0.25) is 9.69 Å². The molecule has 2 atom stereocenters. The molecule has 0 aromatic heterocycles. The number of likely N-dealkylation sites (tertiary alicyclic amines) is 1. The minimum absolute atomic E-state index is 0.180. The lowest BCUT2D eigenvalue weighted by molar-refractivity contribution is -0.929. The molecule has 2 aromatic carbocycles. The maximum Gasteiger partial charge on any atom is 0.263 e. The first-order valence-corrected chi connectivity index (χ1v) is 8.47. The Balaban J connectivity index is 1.70. The lowest BCUT2D eigenvalue weighted by Crippen LogP contribution is -3.18. The van der Waals surface area contributed by atoms with E-state index in [0.717, 1.165) is 23.3 Å². The number of hydrogen-bond acceptors (Lipinski definition) is 1. The third-order valence-electron chi connectivity index (χ3n) is 5.38. The molecule has 1 amide bonds. The highest BCUT2D eigenvalue weighted by Gasteiger charge is 2.34. The fourth-order valence-electron chi connectivity index (χ4n) is 4.19. The van der Waals surface area contributed by atoms with Gasteiger partial charge in [0.05, 0.1) is 23.8 Å². The fraction of sp³-hybridized carbons (Fsp3) is 0.421. The number of nitrogens with zero attached hydrogens (tertiary/aromatic N) is 1. The van der Waals surface area contributed by atoms with Gasteiger partial charge in [-0.05, 0) is 43.2 Å².